The molecule has 0 saturated heterocycles. The van der Waals surface area contributed by atoms with E-state index in [0.29, 0.717) is 6.42 Å². The Balaban J connectivity index is 1.31. The minimum Gasteiger partial charge on any atom is -0.480 e. The van der Waals surface area contributed by atoms with Gasteiger partial charge in [-0.15, -0.1) is 0 Å². The van der Waals surface area contributed by atoms with Gasteiger partial charge >= 0.3 is 12.1 Å². The first-order valence-electron chi connectivity index (χ1n) is 11.7. The first-order valence-corrected chi connectivity index (χ1v) is 11.7. The number of carbonyl (C=O) groups is 3. The summed E-state index contributed by atoms with van der Waals surface area (Å²) in [6.07, 6.45) is 0.408. The van der Waals surface area contributed by atoms with Gasteiger partial charge in [-0.2, -0.15) is 0 Å². The molecule has 1 saturated carbocycles. The van der Waals surface area contributed by atoms with E-state index in [2.05, 4.69) is 34.9 Å². The summed E-state index contributed by atoms with van der Waals surface area (Å²) in [5.74, 6) is -2.27. The molecule has 4 atom stereocenters. The molecule has 180 valence electrons. The Morgan fingerprint density at radius 3 is 2.24 bits per heavy atom. The maximum absolute atomic E-state index is 12.6. The Morgan fingerprint density at radius 2 is 1.65 bits per heavy atom. The summed E-state index contributed by atoms with van der Waals surface area (Å²) >= 11 is 0. The van der Waals surface area contributed by atoms with Crippen LogP contribution in [0.4, 0.5) is 4.79 Å². The Hall–Kier alpha value is -3.39. The molecule has 2 aliphatic rings. The number of ether oxygens (including phenoxy) is 1. The molecule has 8 nitrogen and oxygen atoms in total. The average molecular weight is 467 g/mol. The number of aliphatic hydroxyl groups is 1. The molecular formula is C26H30N2O6. The molecule has 0 aromatic heterocycles. The Morgan fingerprint density at radius 1 is 1.03 bits per heavy atom. The SMILES string of the molecule is CC(O)C(NC(=O)C1CCCC1CNC(=O)OCC1c2ccccc2-c2ccccc21)C(=O)O. The number of nitrogens with one attached hydrogen (secondary N) is 2. The highest BCUT2D eigenvalue weighted by Crippen LogP contribution is 2.44. The lowest BCUT2D eigenvalue weighted by atomic mass is 9.94. The number of carboxylic acid groups (broad SMARTS) is 1. The molecular weight excluding hydrogens is 436 g/mol. The molecule has 4 rings (SSSR count). The van der Waals surface area contributed by atoms with E-state index in [9.17, 15) is 24.6 Å². The van der Waals surface area contributed by atoms with Crippen molar-refractivity contribution in [3.05, 3.63) is 59.7 Å². The Bertz CT molecular complexity index is 1020. The van der Waals surface area contributed by atoms with Crippen LogP contribution in [0.3, 0.4) is 0 Å². The zero-order valence-corrected chi connectivity index (χ0v) is 19.1. The molecule has 0 spiro atoms. The molecule has 2 amide bonds. The van der Waals surface area contributed by atoms with Gasteiger partial charge in [0.05, 0.1) is 6.10 Å². The Kier molecular flexibility index (Phi) is 7.17. The lowest BCUT2D eigenvalue weighted by Gasteiger charge is -2.23. The van der Waals surface area contributed by atoms with Crippen molar-refractivity contribution in [1.29, 1.82) is 0 Å². The van der Waals surface area contributed by atoms with Gasteiger partial charge < -0.3 is 25.6 Å². The second-order valence-corrected chi connectivity index (χ2v) is 9.07. The normalized spacial score (nSPS) is 20.6. The first-order chi connectivity index (χ1) is 16.4. The third-order valence-corrected chi connectivity index (χ3v) is 6.89. The third kappa shape index (κ3) is 4.92. The molecule has 34 heavy (non-hydrogen) atoms. The number of rotatable bonds is 8. The fourth-order valence-corrected chi connectivity index (χ4v) is 5.14. The number of aliphatic carboxylic acids is 1. The standard InChI is InChI=1S/C26H30N2O6/c1-15(29)23(25(31)32)28-24(30)17-12-6-7-16(17)13-27-26(33)34-14-22-20-10-4-2-8-18(20)19-9-3-5-11-21(19)22/h2-5,8-11,15-17,22-23,29H,6-7,12-14H2,1H3,(H,27,33)(H,28,30)(H,31,32). The number of hydrogen-bond acceptors (Lipinski definition) is 5. The van der Waals surface area contributed by atoms with Crippen molar-refractivity contribution in [3.8, 4) is 11.1 Å². The van der Waals surface area contributed by atoms with Crippen LogP contribution in [0.1, 0.15) is 43.2 Å². The molecule has 0 radical (unpaired) electrons. The van der Waals surface area contributed by atoms with Gasteiger partial charge in [0.25, 0.3) is 0 Å². The van der Waals surface area contributed by atoms with Crippen molar-refractivity contribution in [1.82, 2.24) is 10.6 Å². The second-order valence-electron chi connectivity index (χ2n) is 9.07. The monoisotopic (exact) mass is 466 g/mol. The smallest absolute Gasteiger partial charge is 0.407 e. The topological polar surface area (TPSA) is 125 Å². The quantitative estimate of drug-likeness (QED) is 0.474. The Labute approximate surface area is 198 Å². The van der Waals surface area contributed by atoms with Crippen LogP contribution in [-0.2, 0) is 14.3 Å². The molecule has 8 heteroatoms. The van der Waals surface area contributed by atoms with Crippen LogP contribution >= 0.6 is 0 Å². The fourth-order valence-electron chi connectivity index (χ4n) is 5.14. The van der Waals surface area contributed by atoms with E-state index in [1.165, 1.54) is 6.92 Å². The summed E-state index contributed by atoms with van der Waals surface area (Å²) in [5.41, 5.74) is 4.58. The van der Waals surface area contributed by atoms with Gasteiger partial charge in [0.1, 0.15) is 6.61 Å². The molecule has 2 aromatic carbocycles. The van der Waals surface area contributed by atoms with E-state index in [1.54, 1.807) is 0 Å². The number of benzene rings is 2. The van der Waals surface area contributed by atoms with Crippen LogP contribution in [0, 0.1) is 11.8 Å². The number of hydrogen-bond donors (Lipinski definition) is 4. The van der Waals surface area contributed by atoms with Gasteiger partial charge in [0.15, 0.2) is 6.04 Å². The van der Waals surface area contributed by atoms with Crippen molar-refractivity contribution in [2.24, 2.45) is 11.8 Å². The molecule has 2 aliphatic carbocycles. The highest BCUT2D eigenvalue weighted by molar-refractivity contribution is 5.85. The molecule has 0 aliphatic heterocycles. The molecule has 0 bridgehead atoms. The van der Waals surface area contributed by atoms with Crippen molar-refractivity contribution >= 4 is 18.0 Å². The second kappa shape index (κ2) is 10.3. The summed E-state index contributed by atoms with van der Waals surface area (Å²) < 4.78 is 5.56. The molecule has 4 unspecified atom stereocenters. The number of carboxylic acids is 1. The number of alkyl carbamates (subject to hydrolysis) is 1. The van der Waals surface area contributed by atoms with Crippen molar-refractivity contribution < 1.29 is 29.3 Å². The number of amides is 2. The molecule has 4 N–H and O–H groups in total. The summed E-state index contributed by atoms with van der Waals surface area (Å²) in [6, 6.07) is 14.9. The zero-order valence-electron chi connectivity index (χ0n) is 19.1. The first kappa shape index (κ1) is 23.8. The van der Waals surface area contributed by atoms with E-state index in [1.807, 2.05) is 24.3 Å². The zero-order chi connectivity index (χ0) is 24.2. The fraction of sp³-hybridized carbons (Fsp3) is 0.423. The minimum absolute atomic E-state index is 0.0309. The largest absolute Gasteiger partial charge is 0.480 e. The van der Waals surface area contributed by atoms with Crippen LogP contribution < -0.4 is 10.6 Å². The van der Waals surface area contributed by atoms with Crippen LogP contribution in [0.2, 0.25) is 0 Å². The minimum atomic E-state index is -1.36. The summed E-state index contributed by atoms with van der Waals surface area (Å²) in [4.78, 5) is 36.4. The van der Waals surface area contributed by atoms with Crippen molar-refractivity contribution in [3.63, 3.8) is 0 Å². The lowest BCUT2D eigenvalue weighted by molar-refractivity contribution is -0.145. The number of aliphatic hydroxyl groups excluding tert-OH is 1. The van der Waals surface area contributed by atoms with Gasteiger partial charge in [-0.3, -0.25) is 4.79 Å². The lowest BCUT2D eigenvalue weighted by Crippen LogP contribution is -2.50. The summed E-state index contributed by atoms with van der Waals surface area (Å²) in [6.45, 7) is 1.80. The predicted octanol–water partition coefficient (Wildman–Crippen LogP) is 2.89. The molecule has 2 aromatic rings. The molecule has 0 heterocycles. The van der Waals surface area contributed by atoms with Gasteiger partial charge in [-0.1, -0.05) is 55.0 Å². The van der Waals surface area contributed by atoms with Gasteiger partial charge in [-0.25, -0.2) is 9.59 Å². The predicted molar refractivity (Wildman–Crippen MR) is 125 cm³/mol. The summed E-state index contributed by atoms with van der Waals surface area (Å²) in [7, 11) is 0. The van der Waals surface area contributed by atoms with E-state index in [-0.39, 0.29) is 25.0 Å². The van der Waals surface area contributed by atoms with E-state index < -0.39 is 36.0 Å². The number of carbonyl (C=O) groups excluding carboxylic acids is 2. The van der Waals surface area contributed by atoms with E-state index in [4.69, 9.17) is 4.74 Å². The molecule has 1 fully saturated rings. The highest BCUT2D eigenvalue weighted by Gasteiger charge is 2.36. The average Bonchev–Trinajstić information content (AvgIpc) is 3.42. The number of fused-ring (bicyclic) bond motifs is 3. The van der Waals surface area contributed by atoms with Gasteiger partial charge in [-0.05, 0) is 47.9 Å². The van der Waals surface area contributed by atoms with Gasteiger partial charge in [0.2, 0.25) is 5.91 Å². The van der Waals surface area contributed by atoms with Crippen LogP contribution in [-0.4, -0.2) is 53.5 Å². The van der Waals surface area contributed by atoms with Crippen molar-refractivity contribution in [2.45, 2.75) is 44.2 Å². The maximum Gasteiger partial charge on any atom is 0.407 e. The van der Waals surface area contributed by atoms with E-state index >= 15 is 0 Å². The highest BCUT2D eigenvalue weighted by atomic mass is 16.5. The van der Waals surface area contributed by atoms with E-state index in [0.717, 1.165) is 35.1 Å². The third-order valence-electron chi connectivity index (χ3n) is 6.89. The summed E-state index contributed by atoms with van der Waals surface area (Å²) in [5, 5.41) is 24.0. The van der Waals surface area contributed by atoms with Crippen LogP contribution in [0.5, 0.6) is 0 Å². The van der Waals surface area contributed by atoms with Crippen LogP contribution in [0.15, 0.2) is 48.5 Å². The van der Waals surface area contributed by atoms with Crippen LogP contribution in [0.25, 0.3) is 11.1 Å². The van der Waals surface area contributed by atoms with Crippen molar-refractivity contribution in [2.75, 3.05) is 13.2 Å². The maximum atomic E-state index is 12.6. The van der Waals surface area contributed by atoms with Gasteiger partial charge in [0, 0.05) is 18.4 Å².